The van der Waals surface area contributed by atoms with Crippen molar-refractivity contribution >= 4 is 35.0 Å². The van der Waals surface area contributed by atoms with E-state index in [1.165, 1.54) is 17.8 Å². The molecule has 0 radical (unpaired) electrons. The van der Waals surface area contributed by atoms with Gasteiger partial charge in [-0.1, -0.05) is 60.6 Å². The number of anilines is 1. The normalized spacial score (nSPS) is 11.7. The number of halogens is 1. The molecule has 1 heterocycles. The number of hydrogen-bond donors (Lipinski definition) is 2. The van der Waals surface area contributed by atoms with Gasteiger partial charge in [0.2, 0.25) is 5.91 Å². The number of H-pyrrole nitrogens is 1. The van der Waals surface area contributed by atoms with E-state index in [2.05, 4.69) is 15.3 Å². The van der Waals surface area contributed by atoms with Crippen LogP contribution in [0, 0.1) is 0 Å². The van der Waals surface area contributed by atoms with E-state index in [1.54, 1.807) is 24.3 Å². The number of carbonyl (C=O) groups is 1. The monoisotopic (exact) mass is 429 g/mol. The fourth-order valence-corrected chi connectivity index (χ4v) is 3.63. The summed E-state index contributed by atoms with van der Waals surface area (Å²) in [7, 11) is 0. The third-order valence-corrected chi connectivity index (χ3v) is 5.53. The van der Waals surface area contributed by atoms with E-state index in [4.69, 9.17) is 16.3 Å². The predicted octanol–water partition coefficient (Wildman–Crippen LogP) is 4.51. The molecule has 2 aromatic carbocycles. The number of aromatic amines is 1. The van der Waals surface area contributed by atoms with Gasteiger partial charge in [0.15, 0.2) is 5.16 Å². The Kier molecular flexibility index (Phi) is 7.32. The van der Waals surface area contributed by atoms with Crippen molar-refractivity contribution < 1.29 is 9.53 Å². The third-order valence-electron chi connectivity index (χ3n) is 3.95. The second-order valence-electron chi connectivity index (χ2n) is 6.13. The van der Waals surface area contributed by atoms with Gasteiger partial charge in [0, 0.05) is 6.07 Å². The fourth-order valence-electron chi connectivity index (χ4n) is 2.52. The van der Waals surface area contributed by atoms with Crippen LogP contribution in [0.25, 0.3) is 0 Å². The van der Waals surface area contributed by atoms with Gasteiger partial charge in [-0.05, 0) is 30.7 Å². The van der Waals surface area contributed by atoms with E-state index in [-0.39, 0.29) is 18.1 Å². The summed E-state index contributed by atoms with van der Waals surface area (Å²) in [6.07, 6.45) is 0.551. The zero-order valence-electron chi connectivity index (χ0n) is 15.7. The Bertz CT molecular complexity index is 1030. The fraction of sp³-hybridized carbons (Fsp3) is 0.190. The SMILES string of the molecule is CCC(Sc1nc(COc2ccccc2)cc(=O)[nH]1)C(=O)Nc1ccccc1Cl. The van der Waals surface area contributed by atoms with Gasteiger partial charge in [-0.15, -0.1) is 0 Å². The minimum absolute atomic E-state index is 0.157. The van der Waals surface area contributed by atoms with Crippen LogP contribution >= 0.6 is 23.4 Å². The van der Waals surface area contributed by atoms with E-state index in [1.807, 2.05) is 37.3 Å². The van der Waals surface area contributed by atoms with Crippen molar-refractivity contribution in [2.24, 2.45) is 0 Å². The van der Waals surface area contributed by atoms with E-state index in [0.29, 0.717) is 33.7 Å². The molecule has 1 atom stereocenters. The lowest BCUT2D eigenvalue weighted by Gasteiger charge is -2.15. The summed E-state index contributed by atoms with van der Waals surface area (Å²) >= 11 is 7.30. The lowest BCUT2D eigenvalue weighted by Crippen LogP contribution is -2.25. The van der Waals surface area contributed by atoms with Crippen LogP contribution < -0.4 is 15.6 Å². The summed E-state index contributed by atoms with van der Waals surface area (Å²) < 4.78 is 5.65. The Hall–Kier alpha value is -2.77. The highest BCUT2D eigenvalue weighted by atomic mass is 35.5. The summed E-state index contributed by atoms with van der Waals surface area (Å²) in [5.41, 5.74) is 0.738. The van der Waals surface area contributed by atoms with Gasteiger partial charge in [0.25, 0.3) is 5.56 Å². The number of para-hydroxylation sites is 2. The summed E-state index contributed by atoms with van der Waals surface area (Å²) in [5, 5.41) is 3.21. The second kappa shape index (κ2) is 10.1. The molecular weight excluding hydrogens is 410 g/mol. The van der Waals surface area contributed by atoms with Crippen molar-refractivity contribution in [1.29, 1.82) is 0 Å². The molecule has 8 heteroatoms. The van der Waals surface area contributed by atoms with Gasteiger partial charge in [-0.2, -0.15) is 0 Å². The van der Waals surface area contributed by atoms with Crippen LogP contribution in [-0.2, 0) is 11.4 Å². The van der Waals surface area contributed by atoms with Crippen molar-refractivity contribution in [3.8, 4) is 5.75 Å². The maximum Gasteiger partial charge on any atom is 0.251 e. The lowest BCUT2D eigenvalue weighted by molar-refractivity contribution is -0.115. The van der Waals surface area contributed by atoms with Crippen molar-refractivity contribution in [3.63, 3.8) is 0 Å². The number of amides is 1. The Morgan fingerprint density at radius 1 is 1.21 bits per heavy atom. The average molecular weight is 430 g/mol. The van der Waals surface area contributed by atoms with Gasteiger partial charge >= 0.3 is 0 Å². The first-order valence-electron chi connectivity index (χ1n) is 9.05. The van der Waals surface area contributed by atoms with Crippen LogP contribution in [0.15, 0.2) is 70.6 Å². The van der Waals surface area contributed by atoms with Crippen LogP contribution in [0.5, 0.6) is 5.75 Å². The van der Waals surface area contributed by atoms with E-state index in [9.17, 15) is 9.59 Å². The molecule has 3 aromatic rings. The summed E-state index contributed by atoms with van der Waals surface area (Å²) in [5.74, 6) is 0.480. The molecule has 1 unspecified atom stereocenters. The predicted molar refractivity (Wildman–Crippen MR) is 116 cm³/mol. The molecule has 0 aliphatic rings. The molecule has 0 fully saturated rings. The third kappa shape index (κ3) is 6.10. The highest BCUT2D eigenvalue weighted by molar-refractivity contribution is 8.00. The number of rotatable bonds is 8. The van der Waals surface area contributed by atoms with Crippen molar-refractivity contribution in [3.05, 3.63) is 81.7 Å². The number of benzene rings is 2. The van der Waals surface area contributed by atoms with Gasteiger partial charge in [-0.25, -0.2) is 4.98 Å². The standard InChI is InChI=1S/C21H20ClN3O3S/c1-2-18(20(27)24-17-11-7-6-10-16(17)22)29-21-23-14(12-19(26)25-21)13-28-15-8-4-3-5-9-15/h3-12,18H,2,13H2,1H3,(H,24,27)(H,23,25,26). The minimum Gasteiger partial charge on any atom is -0.487 e. The summed E-state index contributed by atoms with van der Waals surface area (Å²) in [6.45, 7) is 2.05. The van der Waals surface area contributed by atoms with Crippen molar-refractivity contribution in [2.75, 3.05) is 5.32 Å². The van der Waals surface area contributed by atoms with Gasteiger partial charge < -0.3 is 15.0 Å². The van der Waals surface area contributed by atoms with E-state index < -0.39 is 5.25 Å². The number of nitrogens with one attached hydrogen (secondary N) is 2. The Balaban J connectivity index is 1.68. The van der Waals surface area contributed by atoms with Crippen LogP contribution in [0.4, 0.5) is 5.69 Å². The lowest BCUT2D eigenvalue weighted by atomic mass is 10.2. The van der Waals surface area contributed by atoms with E-state index >= 15 is 0 Å². The molecule has 29 heavy (non-hydrogen) atoms. The van der Waals surface area contributed by atoms with Crippen LogP contribution in [-0.4, -0.2) is 21.1 Å². The molecule has 0 spiro atoms. The highest BCUT2D eigenvalue weighted by Crippen LogP contribution is 2.26. The second-order valence-corrected chi connectivity index (χ2v) is 7.73. The average Bonchev–Trinajstić information content (AvgIpc) is 2.72. The number of thioether (sulfide) groups is 1. The molecule has 0 aliphatic carbocycles. The van der Waals surface area contributed by atoms with Crippen molar-refractivity contribution in [2.45, 2.75) is 30.4 Å². The van der Waals surface area contributed by atoms with Crippen LogP contribution in [0.2, 0.25) is 5.02 Å². The Morgan fingerprint density at radius 3 is 2.66 bits per heavy atom. The molecule has 3 rings (SSSR count). The molecular formula is C21H20ClN3O3S. The molecule has 0 aliphatic heterocycles. The number of aromatic nitrogens is 2. The number of ether oxygens (including phenoxy) is 1. The number of hydrogen-bond acceptors (Lipinski definition) is 5. The molecule has 1 aromatic heterocycles. The summed E-state index contributed by atoms with van der Waals surface area (Å²) in [6, 6.07) is 17.7. The largest absolute Gasteiger partial charge is 0.487 e. The molecule has 0 saturated carbocycles. The quantitative estimate of drug-likeness (QED) is 0.406. The maximum atomic E-state index is 12.6. The molecule has 2 N–H and O–H groups in total. The molecule has 1 amide bonds. The van der Waals surface area contributed by atoms with E-state index in [0.717, 1.165) is 0 Å². The van der Waals surface area contributed by atoms with Crippen LogP contribution in [0.3, 0.4) is 0 Å². The van der Waals surface area contributed by atoms with Gasteiger partial charge in [0.05, 0.1) is 21.7 Å². The molecule has 0 bridgehead atoms. The van der Waals surface area contributed by atoms with Gasteiger partial charge in [0.1, 0.15) is 12.4 Å². The van der Waals surface area contributed by atoms with Gasteiger partial charge in [-0.3, -0.25) is 9.59 Å². The number of nitrogens with zero attached hydrogens (tertiary/aromatic N) is 1. The maximum absolute atomic E-state index is 12.6. The molecule has 0 saturated heterocycles. The Labute approximate surface area is 177 Å². The smallest absolute Gasteiger partial charge is 0.251 e. The topological polar surface area (TPSA) is 84.1 Å². The van der Waals surface area contributed by atoms with Crippen LogP contribution in [0.1, 0.15) is 19.0 Å². The first-order chi connectivity index (χ1) is 14.0. The zero-order valence-corrected chi connectivity index (χ0v) is 17.3. The minimum atomic E-state index is -0.445. The zero-order chi connectivity index (χ0) is 20.6. The number of carbonyl (C=O) groups excluding carboxylic acids is 1. The first-order valence-corrected chi connectivity index (χ1v) is 10.3. The highest BCUT2D eigenvalue weighted by Gasteiger charge is 2.20. The Morgan fingerprint density at radius 2 is 1.93 bits per heavy atom. The van der Waals surface area contributed by atoms with Crippen molar-refractivity contribution in [1.82, 2.24) is 9.97 Å². The molecule has 150 valence electrons. The molecule has 6 nitrogen and oxygen atoms in total. The summed E-state index contributed by atoms with van der Waals surface area (Å²) in [4.78, 5) is 31.8. The first kappa shape index (κ1) is 21.0.